The minimum atomic E-state index is -0.680. The van der Waals surface area contributed by atoms with Gasteiger partial charge in [-0.3, -0.25) is 9.69 Å². The Labute approximate surface area is 122 Å². The highest BCUT2D eigenvalue weighted by atomic mass is 79.9. The number of likely N-dealkylation sites (tertiary alicyclic amines) is 1. The average Bonchev–Trinajstić information content (AvgIpc) is 2.39. The monoisotopic (exact) mass is 325 g/mol. The lowest BCUT2D eigenvalue weighted by molar-refractivity contribution is -0.151. The third-order valence-electron chi connectivity index (χ3n) is 4.14. The summed E-state index contributed by atoms with van der Waals surface area (Å²) < 4.78 is 1.07. The van der Waals surface area contributed by atoms with Crippen molar-refractivity contribution in [3.63, 3.8) is 0 Å². The highest BCUT2D eigenvalue weighted by Crippen LogP contribution is 2.34. The number of nitrogens with zero attached hydrogens (tertiary/aromatic N) is 1. The molecule has 0 saturated carbocycles. The van der Waals surface area contributed by atoms with Crippen LogP contribution in [-0.4, -0.2) is 29.1 Å². The summed E-state index contributed by atoms with van der Waals surface area (Å²) in [6, 6.07) is 8.52. The van der Waals surface area contributed by atoms with Crippen LogP contribution in [0.1, 0.15) is 38.3 Å². The van der Waals surface area contributed by atoms with E-state index in [1.165, 1.54) is 5.56 Å². The van der Waals surface area contributed by atoms with E-state index in [2.05, 4.69) is 39.9 Å². The van der Waals surface area contributed by atoms with Crippen molar-refractivity contribution in [2.75, 3.05) is 13.1 Å². The number of aliphatic carboxylic acids is 1. The van der Waals surface area contributed by atoms with Gasteiger partial charge >= 0.3 is 5.97 Å². The molecule has 0 spiro atoms. The number of halogens is 1. The molecule has 1 aromatic rings. The summed E-state index contributed by atoms with van der Waals surface area (Å²) in [5.74, 6) is -0.680. The van der Waals surface area contributed by atoms with Crippen LogP contribution in [0.5, 0.6) is 0 Å². The van der Waals surface area contributed by atoms with Crippen molar-refractivity contribution >= 4 is 21.9 Å². The van der Waals surface area contributed by atoms with Crippen molar-refractivity contribution in [2.24, 2.45) is 5.41 Å². The molecule has 1 heterocycles. The maximum absolute atomic E-state index is 11.4. The maximum atomic E-state index is 11.4. The summed E-state index contributed by atoms with van der Waals surface area (Å²) in [6.07, 6.45) is 1.72. The van der Waals surface area contributed by atoms with E-state index in [0.29, 0.717) is 6.54 Å². The number of benzene rings is 1. The molecule has 3 nitrogen and oxygen atoms in total. The maximum Gasteiger partial charge on any atom is 0.310 e. The Hall–Kier alpha value is -0.870. The van der Waals surface area contributed by atoms with Gasteiger partial charge in [-0.2, -0.15) is 0 Å². The lowest BCUT2D eigenvalue weighted by atomic mass is 9.81. The van der Waals surface area contributed by atoms with Crippen molar-refractivity contribution in [2.45, 2.75) is 32.7 Å². The summed E-state index contributed by atoms with van der Waals surface area (Å²) in [4.78, 5) is 13.7. The highest BCUT2D eigenvalue weighted by molar-refractivity contribution is 9.10. The Bertz CT molecular complexity index is 460. The van der Waals surface area contributed by atoms with Crippen LogP contribution in [-0.2, 0) is 4.79 Å². The average molecular weight is 326 g/mol. The van der Waals surface area contributed by atoms with Crippen LogP contribution in [0.4, 0.5) is 0 Å². The SMILES string of the molecule is CC(c1ccc(Br)cc1)N1CCCC(C)(C(=O)O)C1. The van der Waals surface area contributed by atoms with Gasteiger partial charge < -0.3 is 5.11 Å². The van der Waals surface area contributed by atoms with Crippen LogP contribution < -0.4 is 0 Å². The molecular formula is C15H20BrNO2. The van der Waals surface area contributed by atoms with Gasteiger partial charge in [0.15, 0.2) is 0 Å². The zero-order valence-corrected chi connectivity index (χ0v) is 13.0. The van der Waals surface area contributed by atoms with E-state index in [1.54, 1.807) is 0 Å². The van der Waals surface area contributed by atoms with Crippen LogP contribution >= 0.6 is 15.9 Å². The third kappa shape index (κ3) is 3.18. The second-order valence-corrected chi connectivity index (χ2v) is 6.58. The van der Waals surface area contributed by atoms with Crippen molar-refractivity contribution < 1.29 is 9.90 Å². The Morgan fingerprint density at radius 1 is 1.42 bits per heavy atom. The summed E-state index contributed by atoms with van der Waals surface area (Å²) in [7, 11) is 0. The molecular weight excluding hydrogens is 306 g/mol. The molecule has 2 atom stereocenters. The summed E-state index contributed by atoms with van der Waals surface area (Å²) in [6.45, 7) is 5.60. The number of carbonyl (C=O) groups is 1. The molecule has 1 saturated heterocycles. The molecule has 104 valence electrons. The first-order valence-corrected chi connectivity index (χ1v) is 7.44. The van der Waals surface area contributed by atoms with Gasteiger partial charge in [-0.1, -0.05) is 28.1 Å². The summed E-state index contributed by atoms with van der Waals surface area (Å²) in [5, 5.41) is 9.37. The van der Waals surface area contributed by atoms with Crippen molar-refractivity contribution in [3.05, 3.63) is 34.3 Å². The Kier molecular flexibility index (Phi) is 4.31. The van der Waals surface area contributed by atoms with Gasteiger partial charge in [0.1, 0.15) is 0 Å². The highest BCUT2D eigenvalue weighted by Gasteiger charge is 2.39. The number of hydrogen-bond acceptors (Lipinski definition) is 2. The molecule has 1 aliphatic heterocycles. The molecule has 1 aromatic carbocycles. The van der Waals surface area contributed by atoms with Crippen molar-refractivity contribution in [1.82, 2.24) is 4.90 Å². The van der Waals surface area contributed by atoms with Crippen LogP contribution in [0.25, 0.3) is 0 Å². The molecule has 0 bridgehead atoms. The smallest absolute Gasteiger partial charge is 0.310 e. The fraction of sp³-hybridized carbons (Fsp3) is 0.533. The fourth-order valence-corrected chi connectivity index (χ4v) is 3.00. The van der Waals surface area contributed by atoms with Gasteiger partial charge in [0.25, 0.3) is 0 Å². The van der Waals surface area contributed by atoms with Crippen molar-refractivity contribution in [1.29, 1.82) is 0 Å². The van der Waals surface area contributed by atoms with E-state index in [4.69, 9.17) is 0 Å². The molecule has 19 heavy (non-hydrogen) atoms. The van der Waals surface area contributed by atoms with E-state index < -0.39 is 11.4 Å². The van der Waals surface area contributed by atoms with Crippen molar-refractivity contribution in [3.8, 4) is 0 Å². The first-order valence-electron chi connectivity index (χ1n) is 6.65. The predicted octanol–water partition coefficient (Wildman–Crippen LogP) is 3.70. The lowest BCUT2D eigenvalue weighted by Crippen LogP contribution is -2.46. The summed E-state index contributed by atoms with van der Waals surface area (Å²) >= 11 is 3.44. The summed E-state index contributed by atoms with van der Waals surface area (Å²) in [5.41, 5.74) is 0.625. The Balaban J connectivity index is 2.13. The quantitative estimate of drug-likeness (QED) is 0.921. The van der Waals surface area contributed by atoms with Crippen LogP contribution in [0.15, 0.2) is 28.7 Å². The molecule has 2 rings (SSSR count). The van der Waals surface area contributed by atoms with Crippen LogP contribution in [0.3, 0.4) is 0 Å². The Morgan fingerprint density at radius 2 is 2.05 bits per heavy atom. The van der Waals surface area contributed by atoms with Crippen LogP contribution in [0, 0.1) is 5.41 Å². The molecule has 0 radical (unpaired) electrons. The first-order chi connectivity index (χ1) is 8.92. The van der Waals surface area contributed by atoms with E-state index in [-0.39, 0.29) is 6.04 Å². The van der Waals surface area contributed by atoms with Gasteiger partial charge in [0, 0.05) is 17.1 Å². The molecule has 1 N–H and O–H groups in total. The van der Waals surface area contributed by atoms with Crippen LogP contribution in [0.2, 0.25) is 0 Å². The van der Waals surface area contributed by atoms with Gasteiger partial charge in [0.05, 0.1) is 5.41 Å². The molecule has 0 aromatic heterocycles. The van der Waals surface area contributed by atoms with E-state index >= 15 is 0 Å². The minimum Gasteiger partial charge on any atom is -0.481 e. The number of carboxylic acids is 1. The Morgan fingerprint density at radius 3 is 2.63 bits per heavy atom. The number of piperidine rings is 1. The fourth-order valence-electron chi connectivity index (χ4n) is 2.74. The molecule has 0 amide bonds. The van der Waals surface area contributed by atoms with E-state index in [9.17, 15) is 9.90 Å². The number of rotatable bonds is 3. The van der Waals surface area contributed by atoms with Gasteiger partial charge in [-0.15, -0.1) is 0 Å². The van der Waals surface area contributed by atoms with E-state index in [0.717, 1.165) is 23.9 Å². The molecule has 1 fully saturated rings. The zero-order valence-electron chi connectivity index (χ0n) is 11.4. The second kappa shape index (κ2) is 5.63. The second-order valence-electron chi connectivity index (χ2n) is 5.67. The predicted molar refractivity (Wildman–Crippen MR) is 79.1 cm³/mol. The zero-order chi connectivity index (χ0) is 14.0. The van der Waals surface area contributed by atoms with Gasteiger partial charge in [0.2, 0.25) is 0 Å². The molecule has 1 aliphatic rings. The van der Waals surface area contributed by atoms with E-state index in [1.807, 2.05) is 19.1 Å². The first kappa shape index (κ1) is 14.5. The largest absolute Gasteiger partial charge is 0.481 e. The molecule has 4 heteroatoms. The minimum absolute atomic E-state index is 0.257. The third-order valence-corrected chi connectivity index (χ3v) is 4.67. The lowest BCUT2D eigenvalue weighted by Gasteiger charge is -2.40. The van der Waals surface area contributed by atoms with Gasteiger partial charge in [-0.05, 0) is 50.9 Å². The number of hydrogen-bond donors (Lipinski definition) is 1. The topological polar surface area (TPSA) is 40.5 Å². The van der Waals surface area contributed by atoms with Gasteiger partial charge in [-0.25, -0.2) is 0 Å². The normalized spacial score (nSPS) is 26.1. The molecule has 2 unspecified atom stereocenters. The molecule has 0 aliphatic carbocycles. The standard InChI is InChI=1S/C15H20BrNO2/c1-11(12-4-6-13(16)7-5-12)17-9-3-8-15(2,10-17)14(18)19/h4-7,11H,3,8-10H2,1-2H3,(H,18,19). The number of carboxylic acid groups (broad SMARTS) is 1.